The highest BCUT2D eigenvalue weighted by Gasteiger charge is 2.49. The fraction of sp³-hybridized carbons (Fsp3) is 0.0781. The van der Waals surface area contributed by atoms with Crippen molar-refractivity contribution in [3.63, 3.8) is 0 Å². The van der Waals surface area contributed by atoms with Gasteiger partial charge in [-0.1, -0.05) is 231 Å². The maximum atomic E-state index is 5.28. The molecule has 0 bridgehead atoms. The molecular weight excluding hydrogens is 783 g/mol. The molecule has 11 rings (SSSR count). The standard InChI is InChI=1S/C64H49N/c1-4-52(47-20-7-5-8-21-47)43(2)40-63(48-22-9-6-10-23-48)65-44(3)45-34-36-46(37-35-45)49-24-19-25-50(41-49)51-38-39-62-58(42-51)57-30-15-18-33-61(57)64(62)59-31-16-13-28-55(59)53-26-11-12-27-54(53)56-29-14-17-32-60(56)64/h4-43,52H,1H2,2-3H3/b63-40-,65-44+. The number of nitrogens with zero attached hydrogens (tertiary/aromatic N) is 1. The smallest absolute Gasteiger partial charge is 0.0725 e. The lowest BCUT2D eigenvalue weighted by Crippen LogP contribution is -2.29. The molecule has 1 nitrogen and oxygen atoms in total. The van der Waals surface area contributed by atoms with Crippen LogP contribution < -0.4 is 0 Å². The Labute approximate surface area is 383 Å². The Kier molecular flexibility index (Phi) is 10.2. The average Bonchev–Trinajstić information content (AvgIpc) is 3.61. The number of benzene rings is 9. The van der Waals surface area contributed by atoms with Gasteiger partial charge in [-0.15, -0.1) is 6.58 Å². The van der Waals surface area contributed by atoms with Crippen LogP contribution in [0.5, 0.6) is 0 Å². The number of rotatable bonds is 9. The summed E-state index contributed by atoms with van der Waals surface area (Å²) in [5, 5.41) is 0. The summed E-state index contributed by atoms with van der Waals surface area (Å²) >= 11 is 0. The molecular formula is C64H49N. The summed E-state index contributed by atoms with van der Waals surface area (Å²) in [7, 11) is 0. The summed E-state index contributed by atoms with van der Waals surface area (Å²) in [5.41, 5.74) is 22.7. The van der Waals surface area contributed by atoms with Crippen LogP contribution in [0.4, 0.5) is 0 Å². The first-order chi connectivity index (χ1) is 32.0. The van der Waals surface area contributed by atoms with Gasteiger partial charge >= 0.3 is 0 Å². The lowest BCUT2D eigenvalue weighted by molar-refractivity contribution is 0.643. The summed E-state index contributed by atoms with van der Waals surface area (Å²) in [4.78, 5) is 5.28. The van der Waals surface area contributed by atoms with Gasteiger partial charge in [0.25, 0.3) is 0 Å². The maximum absolute atomic E-state index is 5.28. The van der Waals surface area contributed by atoms with Crippen LogP contribution in [-0.4, -0.2) is 5.71 Å². The zero-order chi connectivity index (χ0) is 43.9. The fourth-order valence-electron chi connectivity index (χ4n) is 10.7. The van der Waals surface area contributed by atoms with Gasteiger partial charge in [0.05, 0.1) is 11.1 Å². The van der Waals surface area contributed by atoms with Crippen molar-refractivity contribution in [3.05, 3.63) is 282 Å². The Morgan fingerprint density at radius 3 is 1.48 bits per heavy atom. The predicted molar refractivity (Wildman–Crippen MR) is 274 cm³/mol. The van der Waals surface area contributed by atoms with E-state index in [1.165, 1.54) is 83.5 Å². The molecule has 310 valence electrons. The van der Waals surface area contributed by atoms with Gasteiger partial charge in [-0.05, 0) is 120 Å². The Balaban J connectivity index is 0.947. The van der Waals surface area contributed by atoms with E-state index in [0.29, 0.717) is 0 Å². The average molecular weight is 832 g/mol. The predicted octanol–water partition coefficient (Wildman–Crippen LogP) is 16.5. The minimum atomic E-state index is -0.478. The molecule has 0 amide bonds. The minimum absolute atomic E-state index is 0.180. The van der Waals surface area contributed by atoms with Crippen molar-refractivity contribution in [1.82, 2.24) is 0 Å². The van der Waals surface area contributed by atoms with Crippen molar-refractivity contribution in [1.29, 1.82) is 0 Å². The zero-order valence-corrected chi connectivity index (χ0v) is 36.8. The molecule has 0 fully saturated rings. The Morgan fingerprint density at radius 2 is 0.892 bits per heavy atom. The van der Waals surface area contributed by atoms with Gasteiger partial charge in [0, 0.05) is 11.6 Å². The quantitative estimate of drug-likeness (QED) is 0.101. The van der Waals surface area contributed by atoms with E-state index in [0.717, 1.165) is 22.5 Å². The number of hydrogen-bond acceptors (Lipinski definition) is 1. The first-order valence-corrected chi connectivity index (χ1v) is 22.8. The monoisotopic (exact) mass is 831 g/mol. The highest BCUT2D eigenvalue weighted by Crippen LogP contribution is 2.61. The second kappa shape index (κ2) is 16.7. The topological polar surface area (TPSA) is 12.4 Å². The van der Waals surface area contributed by atoms with Gasteiger partial charge in [0.2, 0.25) is 0 Å². The van der Waals surface area contributed by atoms with E-state index >= 15 is 0 Å². The van der Waals surface area contributed by atoms with E-state index in [9.17, 15) is 0 Å². The molecule has 0 N–H and O–H groups in total. The van der Waals surface area contributed by atoms with E-state index in [-0.39, 0.29) is 11.8 Å². The largest absolute Gasteiger partial charge is 0.253 e. The molecule has 9 aromatic carbocycles. The van der Waals surface area contributed by atoms with Crippen molar-refractivity contribution in [3.8, 4) is 55.6 Å². The van der Waals surface area contributed by atoms with Gasteiger partial charge in [-0.3, -0.25) is 4.99 Å². The van der Waals surface area contributed by atoms with Crippen molar-refractivity contribution in [2.75, 3.05) is 0 Å². The molecule has 2 atom stereocenters. The molecule has 0 heterocycles. The first kappa shape index (κ1) is 39.9. The number of hydrogen-bond donors (Lipinski definition) is 0. The Bertz CT molecular complexity index is 3230. The summed E-state index contributed by atoms with van der Waals surface area (Å²) in [6.07, 6.45) is 4.35. The molecule has 0 saturated carbocycles. The van der Waals surface area contributed by atoms with Crippen LogP contribution in [0.25, 0.3) is 61.3 Å². The summed E-state index contributed by atoms with van der Waals surface area (Å²) in [6.45, 7) is 8.56. The van der Waals surface area contributed by atoms with Gasteiger partial charge in [-0.25, -0.2) is 0 Å². The molecule has 0 aliphatic heterocycles. The number of fused-ring (bicyclic) bond motifs is 12. The van der Waals surface area contributed by atoms with Gasteiger partial charge in [0.15, 0.2) is 0 Å². The SMILES string of the molecule is C=CC(c1ccccc1)C(C)/C=C(\N=C(/C)c1ccc(-c2cccc(-c3ccc4c(c3)-c3ccccc3C43c4ccccc4-c4ccccc4-c4ccccc43)c2)cc1)c1ccccc1. The number of aliphatic imine (C=N–C) groups is 1. The second-order valence-electron chi connectivity index (χ2n) is 17.5. The van der Waals surface area contributed by atoms with E-state index in [4.69, 9.17) is 4.99 Å². The van der Waals surface area contributed by atoms with E-state index in [1.807, 2.05) is 0 Å². The Morgan fingerprint density at radius 1 is 0.431 bits per heavy atom. The van der Waals surface area contributed by atoms with Gasteiger partial charge < -0.3 is 0 Å². The van der Waals surface area contributed by atoms with Crippen LogP contribution in [0.2, 0.25) is 0 Å². The minimum Gasteiger partial charge on any atom is -0.253 e. The van der Waals surface area contributed by atoms with Crippen molar-refractivity contribution >= 4 is 11.4 Å². The molecule has 2 unspecified atom stereocenters. The molecule has 2 aliphatic carbocycles. The second-order valence-corrected chi connectivity index (χ2v) is 17.5. The molecule has 2 aliphatic rings. The molecule has 65 heavy (non-hydrogen) atoms. The summed E-state index contributed by atoms with van der Waals surface area (Å²) in [5.74, 6) is 0.376. The maximum Gasteiger partial charge on any atom is 0.0725 e. The van der Waals surface area contributed by atoms with E-state index in [2.05, 4.69) is 257 Å². The molecule has 1 spiro atoms. The van der Waals surface area contributed by atoms with Crippen LogP contribution >= 0.6 is 0 Å². The normalized spacial score (nSPS) is 14.2. The third-order valence-corrected chi connectivity index (χ3v) is 13.8. The highest BCUT2D eigenvalue weighted by atomic mass is 14.8. The van der Waals surface area contributed by atoms with Crippen LogP contribution in [0.3, 0.4) is 0 Å². The van der Waals surface area contributed by atoms with Crippen LogP contribution in [-0.2, 0) is 5.41 Å². The molecule has 0 saturated heterocycles. The van der Waals surface area contributed by atoms with Gasteiger partial charge in [-0.2, -0.15) is 0 Å². The summed E-state index contributed by atoms with van der Waals surface area (Å²) in [6, 6.07) is 82.3. The van der Waals surface area contributed by atoms with Crippen LogP contribution in [0.15, 0.2) is 248 Å². The summed E-state index contributed by atoms with van der Waals surface area (Å²) < 4.78 is 0. The molecule has 0 aromatic heterocycles. The van der Waals surface area contributed by atoms with Crippen molar-refractivity contribution in [2.24, 2.45) is 10.9 Å². The van der Waals surface area contributed by atoms with E-state index in [1.54, 1.807) is 0 Å². The van der Waals surface area contributed by atoms with Crippen molar-refractivity contribution in [2.45, 2.75) is 25.2 Å². The van der Waals surface area contributed by atoms with Crippen molar-refractivity contribution < 1.29 is 0 Å². The lowest BCUT2D eigenvalue weighted by Gasteiger charge is -2.35. The van der Waals surface area contributed by atoms with Crippen LogP contribution in [0.1, 0.15) is 58.7 Å². The van der Waals surface area contributed by atoms with Gasteiger partial charge in [0.1, 0.15) is 0 Å². The molecule has 0 radical (unpaired) electrons. The Hall–Kier alpha value is -7.87. The van der Waals surface area contributed by atoms with Crippen LogP contribution in [0, 0.1) is 5.92 Å². The first-order valence-electron chi connectivity index (χ1n) is 22.8. The fourth-order valence-corrected chi connectivity index (χ4v) is 10.7. The number of allylic oxidation sites excluding steroid dienone is 2. The van der Waals surface area contributed by atoms with E-state index < -0.39 is 5.41 Å². The third kappa shape index (κ3) is 6.83. The zero-order valence-electron chi connectivity index (χ0n) is 36.8. The molecule has 9 aromatic rings. The highest BCUT2D eigenvalue weighted by molar-refractivity contribution is 6.02. The lowest BCUT2D eigenvalue weighted by atomic mass is 9.66. The molecule has 1 heteroatoms. The third-order valence-electron chi connectivity index (χ3n) is 13.8.